The van der Waals surface area contributed by atoms with E-state index in [-0.39, 0.29) is 0 Å². The van der Waals surface area contributed by atoms with E-state index in [0.29, 0.717) is 11.8 Å². The van der Waals surface area contributed by atoms with Crippen molar-refractivity contribution in [3.05, 3.63) is 23.8 Å². The SMILES string of the molecule is C=C(C)C1CC=C(C(=O)N2CCCCC2)CC1. The van der Waals surface area contributed by atoms with E-state index < -0.39 is 0 Å². The molecule has 1 aliphatic heterocycles. The van der Waals surface area contributed by atoms with Gasteiger partial charge in [0.1, 0.15) is 0 Å². The van der Waals surface area contributed by atoms with Gasteiger partial charge in [0.2, 0.25) is 5.91 Å². The zero-order chi connectivity index (χ0) is 12.3. The van der Waals surface area contributed by atoms with E-state index in [1.807, 2.05) is 4.90 Å². The van der Waals surface area contributed by atoms with Gasteiger partial charge in [0, 0.05) is 18.7 Å². The van der Waals surface area contributed by atoms with Gasteiger partial charge in [-0.25, -0.2) is 0 Å². The molecule has 0 radical (unpaired) electrons. The highest BCUT2D eigenvalue weighted by Crippen LogP contribution is 2.29. The normalized spacial score (nSPS) is 25.4. The van der Waals surface area contributed by atoms with Gasteiger partial charge in [0.05, 0.1) is 0 Å². The smallest absolute Gasteiger partial charge is 0.249 e. The van der Waals surface area contributed by atoms with Gasteiger partial charge in [-0.2, -0.15) is 0 Å². The third-order valence-electron chi connectivity index (χ3n) is 4.03. The summed E-state index contributed by atoms with van der Waals surface area (Å²) in [6, 6.07) is 0. The van der Waals surface area contributed by atoms with Crippen molar-refractivity contribution in [3.63, 3.8) is 0 Å². The summed E-state index contributed by atoms with van der Waals surface area (Å²) in [5, 5.41) is 0. The van der Waals surface area contributed by atoms with Gasteiger partial charge in [0.15, 0.2) is 0 Å². The molecule has 1 atom stereocenters. The molecule has 1 unspecified atom stereocenters. The van der Waals surface area contributed by atoms with Gasteiger partial charge in [-0.05, 0) is 51.4 Å². The molecule has 2 nitrogen and oxygen atoms in total. The molecule has 2 aliphatic rings. The van der Waals surface area contributed by atoms with Crippen molar-refractivity contribution in [1.29, 1.82) is 0 Å². The van der Waals surface area contributed by atoms with Gasteiger partial charge in [0.25, 0.3) is 0 Å². The molecule has 17 heavy (non-hydrogen) atoms. The lowest BCUT2D eigenvalue weighted by Gasteiger charge is -2.30. The number of likely N-dealkylation sites (tertiary alicyclic amines) is 1. The second kappa shape index (κ2) is 5.52. The van der Waals surface area contributed by atoms with Gasteiger partial charge < -0.3 is 4.90 Å². The van der Waals surface area contributed by atoms with Crippen molar-refractivity contribution in [1.82, 2.24) is 4.90 Å². The molecular weight excluding hydrogens is 210 g/mol. The van der Waals surface area contributed by atoms with Crippen LogP contribution >= 0.6 is 0 Å². The average molecular weight is 233 g/mol. The minimum atomic E-state index is 0.296. The Bertz CT molecular complexity index is 337. The molecule has 1 amide bonds. The number of rotatable bonds is 2. The maximum atomic E-state index is 12.3. The second-order valence-electron chi connectivity index (χ2n) is 5.40. The summed E-state index contributed by atoms with van der Waals surface area (Å²) >= 11 is 0. The van der Waals surface area contributed by atoms with Gasteiger partial charge in [-0.3, -0.25) is 4.79 Å². The Morgan fingerprint density at radius 3 is 2.59 bits per heavy atom. The average Bonchev–Trinajstić information content (AvgIpc) is 2.39. The van der Waals surface area contributed by atoms with Crippen molar-refractivity contribution < 1.29 is 4.79 Å². The minimum absolute atomic E-state index is 0.296. The highest BCUT2D eigenvalue weighted by molar-refractivity contribution is 5.93. The van der Waals surface area contributed by atoms with Crippen LogP contribution in [0.3, 0.4) is 0 Å². The third-order valence-corrected chi connectivity index (χ3v) is 4.03. The zero-order valence-electron chi connectivity index (χ0n) is 10.9. The first-order valence-corrected chi connectivity index (χ1v) is 6.82. The predicted octanol–water partition coefficient (Wildman–Crippen LogP) is 3.30. The van der Waals surface area contributed by atoms with Crippen LogP contribution in [-0.2, 0) is 4.79 Å². The van der Waals surface area contributed by atoms with Gasteiger partial charge in [-0.1, -0.05) is 18.2 Å². The second-order valence-corrected chi connectivity index (χ2v) is 5.40. The third kappa shape index (κ3) is 2.99. The zero-order valence-corrected chi connectivity index (χ0v) is 10.9. The van der Waals surface area contributed by atoms with Crippen LogP contribution in [0.1, 0.15) is 45.4 Å². The van der Waals surface area contributed by atoms with Crippen molar-refractivity contribution in [3.8, 4) is 0 Å². The van der Waals surface area contributed by atoms with Crippen LogP contribution in [-0.4, -0.2) is 23.9 Å². The first-order valence-electron chi connectivity index (χ1n) is 6.82. The molecule has 1 heterocycles. The Labute approximate surface area is 104 Å². The summed E-state index contributed by atoms with van der Waals surface area (Å²) in [7, 11) is 0. The molecule has 0 aromatic carbocycles. The number of allylic oxidation sites excluding steroid dienone is 2. The lowest BCUT2D eigenvalue weighted by atomic mass is 9.85. The van der Waals surface area contributed by atoms with Gasteiger partial charge >= 0.3 is 0 Å². The summed E-state index contributed by atoms with van der Waals surface area (Å²) in [6.45, 7) is 8.02. The first-order chi connectivity index (χ1) is 8.18. The Morgan fingerprint density at radius 1 is 1.35 bits per heavy atom. The van der Waals surface area contributed by atoms with Crippen molar-refractivity contribution >= 4 is 5.91 Å². The number of carbonyl (C=O) groups is 1. The van der Waals surface area contributed by atoms with Crippen molar-refractivity contribution in [2.24, 2.45) is 5.92 Å². The molecule has 1 fully saturated rings. The van der Waals surface area contributed by atoms with Crippen LogP contribution in [0.25, 0.3) is 0 Å². The number of piperidine rings is 1. The van der Waals surface area contributed by atoms with E-state index in [4.69, 9.17) is 0 Å². The van der Waals surface area contributed by atoms with Crippen molar-refractivity contribution in [2.45, 2.75) is 45.4 Å². The highest BCUT2D eigenvalue weighted by atomic mass is 16.2. The Hall–Kier alpha value is -1.05. The van der Waals surface area contributed by atoms with Crippen LogP contribution in [0.4, 0.5) is 0 Å². The number of hydrogen-bond acceptors (Lipinski definition) is 1. The maximum Gasteiger partial charge on any atom is 0.249 e. The van der Waals surface area contributed by atoms with Crippen LogP contribution in [0, 0.1) is 5.92 Å². The lowest BCUT2D eigenvalue weighted by Crippen LogP contribution is -2.37. The standard InChI is InChI=1S/C15H23NO/c1-12(2)13-6-8-14(9-7-13)15(17)16-10-4-3-5-11-16/h8,13H,1,3-7,9-11H2,2H3. The van der Waals surface area contributed by atoms with Crippen LogP contribution < -0.4 is 0 Å². The molecular formula is C15H23NO. The molecule has 0 saturated carbocycles. The molecule has 0 bridgehead atoms. The topological polar surface area (TPSA) is 20.3 Å². The highest BCUT2D eigenvalue weighted by Gasteiger charge is 2.23. The summed E-state index contributed by atoms with van der Waals surface area (Å²) in [5.41, 5.74) is 2.30. The van der Waals surface area contributed by atoms with E-state index in [1.54, 1.807) is 0 Å². The maximum absolute atomic E-state index is 12.3. The number of nitrogens with zero attached hydrogens (tertiary/aromatic N) is 1. The quantitative estimate of drug-likeness (QED) is 0.670. The van der Waals surface area contributed by atoms with E-state index in [1.165, 1.54) is 24.8 Å². The Kier molecular flexibility index (Phi) is 4.03. The van der Waals surface area contributed by atoms with Gasteiger partial charge in [-0.15, -0.1) is 0 Å². The molecule has 94 valence electrons. The molecule has 2 rings (SSSR count). The van der Waals surface area contributed by atoms with E-state index in [9.17, 15) is 4.79 Å². The molecule has 1 saturated heterocycles. The molecule has 1 aliphatic carbocycles. The summed E-state index contributed by atoms with van der Waals surface area (Å²) < 4.78 is 0. The number of carbonyl (C=O) groups excluding carboxylic acids is 1. The van der Waals surface area contributed by atoms with E-state index in [0.717, 1.165) is 37.9 Å². The Morgan fingerprint density at radius 2 is 2.06 bits per heavy atom. The fourth-order valence-corrected chi connectivity index (χ4v) is 2.78. The van der Waals surface area contributed by atoms with E-state index in [2.05, 4.69) is 19.6 Å². The summed E-state index contributed by atoms with van der Waals surface area (Å²) in [5.74, 6) is 0.887. The largest absolute Gasteiger partial charge is 0.339 e. The first kappa shape index (κ1) is 12.4. The number of amides is 1. The summed E-state index contributed by atoms with van der Waals surface area (Å²) in [4.78, 5) is 14.3. The Balaban J connectivity index is 1.94. The predicted molar refractivity (Wildman–Crippen MR) is 70.7 cm³/mol. The van der Waals surface area contributed by atoms with Crippen LogP contribution in [0.2, 0.25) is 0 Å². The monoisotopic (exact) mass is 233 g/mol. The van der Waals surface area contributed by atoms with Crippen molar-refractivity contribution in [2.75, 3.05) is 13.1 Å². The fourth-order valence-electron chi connectivity index (χ4n) is 2.78. The van der Waals surface area contributed by atoms with Crippen LogP contribution in [0.15, 0.2) is 23.8 Å². The fraction of sp³-hybridized carbons (Fsp3) is 0.667. The molecule has 2 heteroatoms. The molecule has 0 aromatic heterocycles. The molecule has 0 aromatic rings. The van der Waals surface area contributed by atoms with E-state index >= 15 is 0 Å². The summed E-state index contributed by atoms with van der Waals surface area (Å²) in [6.07, 6.45) is 8.82. The number of hydrogen-bond donors (Lipinski definition) is 0. The molecule has 0 N–H and O–H groups in total. The molecule has 0 spiro atoms. The minimum Gasteiger partial charge on any atom is -0.339 e. The van der Waals surface area contributed by atoms with Crippen LogP contribution in [0.5, 0.6) is 0 Å². The lowest BCUT2D eigenvalue weighted by molar-refractivity contribution is -0.128.